The van der Waals surface area contributed by atoms with Crippen LogP contribution in [0.15, 0.2) is 6.07 Å². The molecule has 0 heterocycles. The minimum absolute atomic E-state index is 0.0517. The number of carboxylic acids is 1. The van der Waals surface area contributed by atoms with E-state index in [0.29, 0.717) is 11.1 Å². The van der Waals surface area contributed by atoms with Crippen LogP contribution in [0.25, 0.3) is 0 Å². The van der Waals surface area contributed by atoms with Crippen LogP contribution >= 0.6 is 11.6 Å². The summed E-state index contributed by atoms with van der Waals surface area (Å²) in [6, 6.07) is 1.40. The number of aromatic hydroxyl groups is 1. The number of carbonyl (C=O) groups is 1. The highest BCUT2D eigenvalue weighted by Gasteiger charge is 2.14. The lowest BCUT2D eigenvalue weighted by molar-refractivity contribution is 0.0696. The lowest BCUT2D eigenvalue weighted by atomic mass is 10.0. The van der Waals surface area contributed by atoms with Crippen molar-refractivity contribution in [1.82, 2.24) is 0 Å². The second kappa shape index (κ2) is 3.26. The smallest absolute Gasteiger partial charge is 0.336 e. The maximum Gasteiger partial charge on any atom is 0.336 e. The summed E-state index contributed by atoms with van der Waals surface area (Å²) in [5, 5.41) is 18.2. The maximum absolute atomic E-state index is 10.7. The molecule has 2 N–H and O–H groups in total. The second-order valence-corrected chi connectivity index (χ2v) is 3.21. The van der Waals surface area contributed by atoms with Gasteiger partial charge >= 0.3 is 5.97 Å². The van der Waals surface area contributed by atoms with Crippen LogP contribution < -0.4 is 0 Å². The fraction of sp³-hybridized carbons (Fsp3) is 0.222. The minimum Gasteiger partial charge on any atom is -0.506 e. The molecule has 0 aromatic heterocycles. The highest BCUT2D eigenvalue weighted by molar-refractivity contribution is 6.33. The molecule has 0 aliphatic carbocycles. The molecule has 0 amide bonds. The van der Waals surface area contributed by atoms with Crippen molar-refractivity contribution in [2.24, 2.45) is 0 Å². The first-order valence-electron chi connectivity index (χ1n) is 3.67. The highest BCUT2D eigenvalue weighted by Crippen LogP contribution is 2.32. The van der Waals surface area contributed by atoms with Crippen molar-refractivity contribution < 1.29 is 15.0 Å². The summed E-state index contributed by atoms with van der Waals surface area (Å²) in [7, 11) is 0. The second-order valence-electron chi connectivity index (χ2n) is 2.83. The topological polar surface area (TPSA) is 57.5 Å². The summed E-state index contributed by atoms with van der Waals surface area (Å²) in [5.41, 5.74) is 0.977. The summed E-state index contributed by atoms with van der Waals surface area (Å²) >= 11 is 5.72. The monoisotopic (exact) mass is 200 g/mol. The predicted octanol–water partition coefficient (Wildman–Crippen LogP) is 2.36. The number of phenols is 1. The molecule has 70 valence electrons. The average molecular weight is 201 g/mol. The highest BCUT2D eigenvalue weighted by atomic mass is 35.5. The number of carboxylic acid groups (broad SMARTS) is 1. The molecule has 1 aromatic rings. The molecule has 0 spiro atoms. The number of phenolic OH excluding ortho intramolecular Hbond substituents is 1. The van der Waals surface area contributed by atoms with E-state index >= 15 is 0 Å². The minimum atomic E-state index is -1.04. The number of aromatic carboxylic acids is 1. The van der Waals surface area contributed by atoms with Gasteiger partial charge < -0.3 is 10.2 Å². The van der Waals surface area contributed by atoms with Crippen molar-refractivity contribution in [3.8, 4) is 5.75 Å². The van der Waals surface area contributed by atoms with Gasteiger partial charge in [0.15, 0.2) is 0 Å². The Bertz CT molecular complexity index is 372. The molecule has 0 fully saturated rings. The third-order valence-electron chi connectivity index (χ3n) is 1.91. The van der Waals surface area contributed by atoms with Gasteiger partial charge in [0, 0.05) is 0 Å². The van der Waals surface area contributed by atoms with Crippen LogP contribution in [0.4, 0.5) is 0 Å². The first-order chi connectivity index (χ1) is 5.95. The zero-order chi connectivity index (χ0) is 10.2. The summed E-state index contributed by atoms with van der Waals surface area (Å²) in [6.45, 7) is 3.16. The molecule has 1 rings (SSSR count). The van der Waals surface area contributed by atoms with Crippen molar-refractivity contribution in [2.75, 3.05) is 0 Å². The van der Waals surface area contributed by atoms with Gasteiger partial charge in [0.25, 0.3) is 0 Å². The van der Waals surface area contributed by atoms with Gasteiger partial charge in [0.2, 0.25) is 0 Å². The first-order valence-corrected chi connectivity index (χ1v) is 4.05. The summed E-state index contributed by atoms with van der Waals surface area (Å²) in [4.78, 5) is 10.7. The van der Waals surface area contributed by atoms with E-state index in [1.807, 2.05) is 0 Å². The molecule has 1 aromatic carbocycles. The fourth-order valence-electron chi connectivity index (χ4n) is 1.08. The number of halogens is 1. The molecule has 0 saturated carbocycles. The lowest BCUT2D eigenvalue weighted by Crippen LogP contribution is -2.01. The van der Waals surface area contributed by atoms with Gasteiger partial charge in [-0.2, -0.15) is 0 Å². The molecule has 0 radical (unpaired) electrons. The lowest BCUT2D eigenvalue weighted by Gasteiger charge is -2.07. The van der Waals surface area contributed by atoms with E-state index in [-0.39, 0.29) is 16.3 Å². The molecule has 3 nitrogen and oxygen atoms in total. The van der Waals surface area contributed by atoms with Gasteiger partial charge in [-0.05, 0) is 31.0 Å². The average Bonchev–Trinajstić information content (AvgIpc) is 2.07. The van der Waals surface area contributed by atoms with Crippen LogP contribution in [0.3, 0.4) is 0 Å². The molecule has 0 unspecified atom stereocenters. The Kier molecular flexibility index (Phi) is 2.48. The van der Waals surface area contributed by atoms with E-state index in [1.165, 1.54) is 6.07 Å². The number of hydrogen-bond acceptors (Lipinski definition) is 2. The largest absolute Gasteiger partial charge is 0.506 e. The molecule has 0 saturated heterocycles. The van der Waals surface area contributed by atoms with E-state index in [2.05, 4.69) is 0 Å². The molecule has 0 bridgehead atoms. The third kappa shape index (κ3) is 1.60. The summed E-state index contributed by atoms with van der Waals surface area (Å²) < 4.78 is 0. The molecule has 0 atom stereocenters. The van der Waals surface area contributed by atoms with Crippen LogP contribution in [-0.2, 0) is 0 Å². The molecule has 4 heteroatoms. The number of benzene rings is 1. The van der Waals surface area contributed by atoms with Gasteiger partial charge in [0.1, 0.15) is 5.75 Å². The van der Waals surface area contributed by atoms with Gasteiger partial charge in [0.05, 0.1) is 10.6 Å². The van der Waals surface area contributed by atoms with Crippen molar-refractivity contribution in [2.45, 2.75) is 13.8 Å². The summed E-state index contributed by atoms with van der Waals surface area (Å²) in [5.74, 6) is -1.09. The number of rotatable bonds is 1. The van der Waals surface area contributed by atoms with Crippen LogP contribution in [0.2, 0.25) is 5.02 Å². The van der Waals surface area contributed by atoms with E-state index in [4.69, 9.17) is 16.7 Å². The van der Waals surface area contributed by atoms with Crippen LogP contribution in [0.1, 0.15) is 21.5 Å². The van der Waals surface area contributed by atoms with Gasteiger partial charge in [-0.15, -0.1) is 0 Å². The predicted molar refractivity (Wildman–Crippen MR) is 49.6 cm³/mol. The maximum atomic E-state index is 10.7. The third-order valence-corrected chi connectivity index (χ3v) is 2.37. The van der Waals surface area contributed by atoms with E-state index in [1.54, 1.807) is 13.8 Å². The fourth-order valence-corrected chi connectivity index (χ4v) is 1.34. The van der Waals surface area contributed by atoms with Gasteiger partial charge in [-0.3, -0.25) is 0 Å². The standard InChI is InChI=1S/C9H9ClO3/c1-4-3-6(9(12)13)5(2)7(10)8(4)11/h3,11H,1-2H3,(H,12,13). The van der Waals surface area contributed by atoms with Crippen molar-refractivity contribution in [3.05, 3.63) is 27.8 Å². The number of aryl methyl sites for hydroxylation is 1. The Labute approximate surface area is 80.6 Å². The van der Waals surface area contributed by atoms with Crippen LogP contribution in [0, 0.1) is 13.8 Å². The van der Waals surface area contributed by atoms with E-state index in [0.717, 1.165) is 0 Å². The Hall–Kier alpha value is -1.22. The van der Waals surface area contributed by atoms with Crippen LogP contribution in [0.5, 0.6) is 5.75 Å². The Balaban J connectivity index is 3.50. The van der Waals surface area contributed by atoms with E-state index in [9.17, 15) is 9.90 Å². The van der Waals surface area contributed by atoms with Gasteiger partial charge in [-0.25, -0.2) is 4.79 Å². The molecule has 0 aliphatic heterocycles. The Morgan fingerprint density at radius 3 is 2.46 bits per heavy atom. The van der Waals surface area contributed by atoms with Crippen molar-refractivity contribution in [1.29, 1.82) is 0 Å². The van der Waals surface area contributed by atoms with Gasteiger partial charge in [-0.1, -0.05) is 11.6 Å². The molecular formula is C9H9ClO3. The zero-order valence-corrected chi connectivity index (χ0v) is 8.01. The normalized spacial score (nSPS) is 10.1. The number of hydrogen-bond donors (Lipinski definition) is 2. The van der Waals surface area contributed by atoms with Crippen LogP contribution in [-0.4, -0.2) is 16.2 Å². The Morgan fingerprint density at radius 1 is 1.46 bits per heavy atom. The van der Waals surface area contributed by atoms with E-state index < -0.39 is 5.97 Å². The SMILES string of the molecule is Cc1cc(C(=O)O)c(C)c(Cl)c1O. The molecular weight excluding hydrogens is 192 g/mol. The van der Waals surface area contributed by atoms with Crippen molar-refractivity contribution >= 4 is 17.6 Å². The van der Waals surface area contributed by atoms with Crippen molar-refractivity contribution in [3.63, 3.8) is 0 Å². The quantitative estimate of drug-likeness (QED) is 0.732. The molecule has 13 heavy (non-hydrogen) atoms. The molecule has 0 aliphatic rings. The first kappa shape index (κ1) is 9.86. The Morgan fingerprint density at radius 2 is 2.00 bits per heavy atom. The zero-order valence-electron chi connectivity index (χ0n) is 7.26. The summed E-state index contributed by atoms with van der Waals surface area (Å²) in [6.07, 6.45) is 0.